The molecule has 0 heterocycles. The summed E-state index contributed by atoms with van der Waals surface area (Å²) in [7, 11) is -29.2. The van der Waals surface area contributed by atoms with Gasteiger partial charge in [-0.3, -0.25) is 73.2 Å². The molecule has 0 aliphatic rings. The van der Waals surface area contributed by atoms with Crippen LogP contribution in [0.1, 0.15) is 20.0 Å². The summed E-state index contributed by atoms with van der Waals surface area (Å²) in [5.74, 6) is 0. The largest absolute Gasteiger partial charge is 0.907 e. The van der Waals surface area contributed by atoms with E-state index in [1.165, 1.54) is 0 Å². The molecule has 0 aliphatic carbocycles. The van der Waals surface area contributed by atoms with Crippen molar-refractivity contribution in [1.29, 1.82) is 0 Å². The molecule has 42 heteroatoms. The summed E-state index contributed by atoms with van der Waals surface area (Å²) in [4.78, 5) is 0. The maximum atomic E-state index is 8.42. The van der Waals surface area contributed by atoms with Gasteiger partial charge in [-0.2, -0.15) is 0 Å². The van der Waals surface area contributed by atoms with E-state index in [1.54, 1.807) is 0 Å². The van der Waals surface area contributed by atoms with E-state index in [-0.39, 0.29) is 79.1 Å². The summed E-state index contributed by atoms with van der Waals surface area (Å²) in [6.45, 7) is 0. The zero-order chi connectivity index (χ0) is 35.8. The smallest absolute Gasteiger partial charge is 0.278 e. The van der Waals surface area contributed by atoms with Crippen molar-refractivity contribution < 1.29 is 171 Å². The summed E-state index contributed by atoms with van der Waals surface area (Å²) in [6.07, 6.45) is 0. The first-order chi connectivity index (χ1) is 17.3. The van der Waals surface area contributed by atoms with E-state index < -0.39 is 73.2 Å². The molecule has 0 saturated carbocycles. The molecule has 0 N–H and O–H groups in total. The van der Waals surface area contributed by atoms with Gasteiger partial charge in [-0.05, 0) is 0 Å². The van der Waals surface area contributed by atoms with Gasteiger partial charge in [-0.1, -0.05) is 0 Å². The van der Waals surface area contributed by atoms with Crippen molar-refractivity contribution in [1.82, 2.24) is 0 Å². The Kier molecular flexibility index (Phi) is 139. The minimum atomic E-state index is -2.92. The van der Waals surface area contributed by atoms with E-state index in [1.807, 2.05) is 0 Å². The number of hydrogen-bond donors (Lipinski definition) is 0. The quantitative estimate of drug-likeness (QED) is 0.219. The molecule has 0 atom stereocenters. The summed E-state index contributed by atoms with van der Waals surface area (Å²) in [6, 6.07) is 0. The zero-order valence-electron chi connectivity index (χ0n) is 32.0. The molecule has 0 aliphatic heterocycles. The van der Waals surface area contributed by atoms with E-state index in [4.69, 9.17) is 151 Å². The molecule has 0 saturated heterocycles. The molecule has 0 amide bonds. The Morgan fingerprint density at radius 3 is 0.143 bits per heavy atom. The van der Waals surface area contributed by atoms with Crippen molar-refractivity contribution in [3.05, 3.63) is 0 Å². The fraction of sp³-hybridized carbons (Fsp3) is 0. The second-order valence-corrected chi connectivity index (χ2v) is 2.89. The van der Waals surface area contributed by atoms with Gasteiger partial charge in [-0.15, -0.1) is 0 Å². The van der Waals surface area contributed by atoms with E-state index in [0.29, 0.717) is 0 Å². The Balaban J connectivity index is -0.00000000721. The summed E-state index contributed by atoms with van der Waals surface area (Å²) >= 11 is 0. The van der Waals surface area contributed by atoms with Crippen LogP contribution in [-0.4, -0.2) is 132 Å². The monoisotopic (exact) mass is 652 g/mol. The molecule has 0 radical (unpaired) electrons. The van der Waals surface area contributed by atoms with Crippen molar-refractivity contribution in [2.45, 2.75) is 0 Å². The van der Waals surface area contributed by atoms with Crippen LogP contribution in [0.3, 0.4) is 0 Å². The maximum absolute atomic E-state index is 8.42. The molecule has 0 fully saturated rings. The topological polar surface area (TPSA) is 692 Å². The van der Waals surface area contributed by atoms with Crippen LogP contribution >= 0.6 is 0 Å². The van der Waals surface area contributed by atoms with Crippen LogP contribution in [-0.2, 0) is 0 Å². The first-order valence-corrected chi connectivity index (χ1v) is 7.07. The minimum absolute atomic E-state index is 0. The van der Waals surface area contributed by atoms with Crippen LogP contribution < -0.4 is 151 Å². The Hall–Kier alpha value is 1.45. The van der Waals surface area contributed by atoms with Crippen molar-refractivity contribution in [2.75, 3.05) is 0 Å². The second kappa shape index (κ2) is 73.7. The molecular formula is H16B10Na2O30-16. The van der Waals surface area contributed by atoms with Gasteiger partial charge in [-0.25, -0.2) is 0 Å². The van der Waals surface area contributed by atoms with Gasteiger partial charge in [0.2, 0.25) is 0 Å². The number of hydrogen-bond acceptors (Lipinski definition) is 30. The standard InChI is InChI=1S/10BO3.2Na.2H/c10*2-1(3)4;;;;/q10*-3;;;;/p+14. The first-order valence-electron chi connectivity index (χ1n) is 7.07. The van der Waals surface area contributed by atoms with Crippen molar-refractivity contribution >= 4 is 132 Å². The van der Waals surface area contributed by atoms with Crippen molar-refractivity contribution in [3.8, 4) is 0 Å². The third kappa shape index (κ3) is 32300. The molecule has 0 unspecified atom stereocenters. The van der Waals surface area contributed by atoms with Gasteiger partial charge < -0.3 is 151 Å². The van der Waals surface area contributed by atoms with Crippen molar-refractivity contribution in [2.24, 2.45) is 0 Å². The van der Waals surface area contributed by atoms with Gasteiger partial charge in [0.05, 0.1) is 0 Å². The fourth-order valence-corrected chi connectivity index (χ4v) is 0. The molecule has 0 aromatic carbocycles. The van der Waals surface area contributed by atoms with Gasteiger partial charge in [0.25, 0.3) is 0 Å². The van der Waals surface area contributed by atoms with E-state index >= 15 is 0 Å². The van der Waals surface area contributed by atoms with Crippen LogP contribution in [0.4, 0.5) is 0 Å². The average Bonchev–Trinajstić information content (AvgIpc) is 2.47. The summed E-state index contributed by atoms with van der Waals surface area (Å²) in [5.41, 5.74) is 0. The van der Waals surface area contributed by atoms with Crippen LogP contribution in [0.25, 0.3) is 0 Å². The Morgan fingerprint density at radius 1 is 0.143 bits per heavy atom. The SMILES string of the molecule is [H+].[H+].[H+].[H+].[H+].[H+].[H+].[H+].[H+].[H+].[H+].[H+].[H+].[H+].[NaH].[NaH].[O-]B([O-])[O-].[O-]B([O-])[O-].[O-]B([O-])[O-].[O-]B([O-])[O-].[O-]B([O-])[O-].[O-]B([O-])[O-].[O-]B([O-])[O-].[O-]B([O-])[O-].[O-]B([O-])[O-].[O-]B([O-])[O-]. The minimum Gasteiger partial charge on any atom is -0.907 e. The van der Waals surface area contributed by atoms with E-state index in [9.17, 15) is 0 Å². The summed E-state index contributed by atoms with van der Waals surface area (Å²) < 4.78 is 0. The molecule has 0 aromatic heterocycles. The summed E-state index contributed by atoms with van der Waals surface area (Å²) in [5, 5.41) is 252. The van der Waals surface area contributed by atoms with Crippen molar-refractivity contribution in [3.63, 3.8) is 0 Å². The third-order valence-electron chi connectivity index (χ3n) is 0. The Labute approximate surface area is 302 Å². The first kappa shape index (κ1) is 79.2. The molecular weight excluding hydrogens is 634 g/mol. The van der Waals surface area contributed by atoms with Gasteiger partial charge >= 0.3 is 79.1 Å². The Morgan fingerprint density at radius 2 is 0.143 bits per heavy atom. The predicted octanol–water partition coefficient (Wildman–Crippen LogP) is -39.2. The van der Waals surface area contributed by atoms with Crippen LogP contribution in [0.2, 0.25) is 0 Å². The second-order valence-electron chi connectivity index (χ2n) is 2.89. The van der Waals surface area contributed by atoms with E-state index in [2.05, 4.69) is 0 Å². The molecule has 42 heavy (non-hydrogen) atoms. The van der Waals surface area contributed by atoms with E-state index in [0.717, 1.165) is 0 Å². The molecule has 30 nitrogen and oxygen atoms in total. The van der Waals surface area contributed by atoms with Crippen LogP contribution in [0.15, 0.2) is 0 Å². The zero-order valence-corrected chi connectivity index (χ0v) is 18.0. The van der Waals surface area contributed by atoms with Crippen LogP contribution in [0.5, 0.6) is 0 Å². The van der Waals surface area contributed by atoms with Gasteiger partial charge in [0.1, 0.15) is 0 Å². The molecule has 0 bridgehead atoms. The predicted molar refractivity (Wildman–Crippen MR) is 87.4 cm³/mol. The normalized spacial score (nSPS) is 6.43. The number of rotatable bonds is 0. The third-order valence-corrected chi connectivity index (χ3v) is 0. The molecule has 0 rings (SSSR count). The van der Waals surface area contributed by atoms with Gasteiger partial charge in [0.15, 0.2) is 0 Å². The fourth-order valence-electron chi connectivity index (χ4n) is 0. The molecule has 244 valence electrons. The Bertz CT molecular complexity index is 237. The average molecular weight is 650 g/mol. The van der Waals surface area contributed by atoms with Gasteiger partial charge in [0, 0.05) is 0 Å². The van der Waals surface area contributed by atoms with Crippen LogP contribution in [0, 0.1) is 0 Å². The maximum Gasteiger partial charge on any atom is -0.278 e. The molecule has 0 aromatic rings. The molecule has 0 spiro atoms.